The van der Waals surface area contributed by atoms with E-state index in [4.69, 9.17) is 0 Å². The molecule has 4 heteroatoms. The molecule has 0 saturated heterocycles. The van der Waals surface area contributed by atoms with E-state index in [1.807, 2.05) is 42.2 Å². The third kappa shape index (κ3) is 2.63. The van der Waals surface area contributed by atoms with Gasteiger partial charge in [0.05, 0.1) is 0 Å². The molecule has 19 heavy (non-hydrogen) atoms. The van der Waals surface area contributed by atoms with Gasteiger partial charge in [-0.3, -0.25) is 4.79 Å². The third-order valence-corrected chi connectivity index (χ3v) is 4.96. The van der Waals surface area contributed by atoms with Crippen molar-refractivity contribution < 1.29 is 4.79 Å². The summed E-state index contributed by atoms with van der Waals surface area (Å²) in [5.74, 6) is 0.0508. The number of hydrogen-bond donors (Lipinski definition) is 2. The van der Waals surface area contributed by atoms with Crippen LogP contribution in [-0.2, 0) is 0 Å². The van der Waals surface area contributed by atoms with E-state index in [-0.39, 0.29) is 5.91 Å². The number of carbonyl (C=O) groups excluding carboxylic acids is 1. The van der Waals surface area contributed by atoms with Crippen LogP contribution in [0.1, 0.15) is 29.6 Å². The summed E-state index contributed by atoms with van der Waals surface area (Å²) < 4.78 is 0. The Morgan fingerprint density at radius 3 is 3.05 bits per heavy atom. The number of H-pyrrole nitrogens is 1. The Morgan fingerprint density at radius 2 is 2.26 bits per heavy atom. The summed E-state index contributed by atoms with van der Waals surface area (Å²) in [6.45, 7) is 0. The lowest BCUT2D eigenvalue weighted by Crippen LogP contribution is -2.33. The van der Waals surface area contributed by atoms with Crippen LogP contribution in [0.25, 0.3) is 10.9 Å². The zero-order valence-corrected chi connectivity index (χ0v) is 11.8. The van der Waals surface area contributed by atoms with Gasteiger partial charge >= 0.3 is 0 Å². The summed E-state index contributed by atoms with van der Waals surface area (Å²) in [5, 5.41) is 4.94. The molecule has 0 bridgehead atoms. The van der Waals surface area contributed by atoms with Gasteiger partial charge in [-0.15, -0.1) is 0 Å². The van der Waals surface area contributed by atoms with Gasteiger partial charge in [-0.1, -0.05) is 0 Å². The minimum absolute atomic E-state index is 0.0508. The highest BCUT2D eigenvalue weighted by atomic mass is 32.2. The molecule has 2 atom stereocenters. The first-order valence-electron chi connectivity index (χ1n) is 6.67. The molecule has 1 aliphatic carbocycles. The highest BCUT2D eigenvalue weighted by Crippen LogP contribution is 2.28. The first-order valence-corrected chi connectivity index (χ1v) is 7.96. The standard InChI is InChI=1S/C15H18N2OS/c1-19-13-4-3-12(9-13)17-15(18)11-2-5-14-10(8-11)6-7-16-14/h2,5-8,12-13,16H,3-4,9H2,1H3,(H,17,18). The molecule has 3 nitrogen and oxygen atoms in total. The molecule has 1 heterocycles. The lowest BCUT2D eigenvalue weighted by atomic mass is 10.1. The number of fused-ring (bicyclic) bond motifs is 1. The fraction of sp³-hybridized carbons (Fsp3) is 0.400. The first kappa shape index (κ1) is 12.6. The number of thioether (sulfide) groups is 1. The fourth-order valence-corrected chi connectivity index (χ4v) is 3.55. The van der Waals surface area contributed by atoms with Crippen LogP contribution in [0, 0.1) is 0 Å². The second-order valence-corrected chi connectivity index (χ2v) is 6.26. The van der Waals surface area contributed by atoms with Gasteiger partial charge < -0.3 is 10.3 Å². The molecule has 1 saturated carbocycles. The van der Waals surface area contributed by atoms with Crippen molar-refractivity contribution in [3.05, 3.63) is 36.0 Å². The Morgan fingerprint density at radius 1 is 1.37 bits per heavy atom. The molecule has 1 aromatic carbocycles. The Labute approximate surface area is 117 Å². The van der Waals surface area contributed by atoms with E-state index in [9.17, 15) is 4.79 Å². The van der Waals surface area contributed by atoms with E-state index in [2.05, 4.69) is 16.6 Å². The SMILES string of the molecule is CSC1CCC(NC(=O)c2ccc3[nH]ccc3c2)C1. The van der Waals surface area contributed by atoms with Gasteiger partial charge in [-0.05, 0) is 49.8 Å². The van der Waals surface area contributed by atoms with Crippen LogP contribution in [0.4, 0.5) is 0 Å². The van der Waals surface area contributed by atoms with Crippen molar-refractivity contribution >= 4 is 28.6 Å². The van der Waals surface area contributed by atoms with Crippen molar-refractivity contribution in [1.29, 1.82) is 0 Å². The van der Waals surface area contributed by atoms with Crippen molar-refractivity contribution in [2.75, 3.05) is 6.26 Å². The maximum absolute atomic E-state index is 12.2. The van der Waals surface area contributed by atoms with Gasteiger partial charge in [0.25, 0.3) is 5.91 Å². The lowest BCUT2D eigenvalue weighted by Gasteiger charge is -2.12. The summed E-state index contributed by atoms with van der Waals surface area (Å²) in [5.41, 5.74) is 1.82. The van der Waals surface area contributed by atoms with E-state index >= 15 is 0 Å². The highest BCUT2D eigenvalue weighted by molar-refractivity contribution is 7.99. The Balaban J connectivity index is 1.69. The normalized spacial score (nSPS) is 22.8. The number of nitrogens with one attached hydrogen (secondary N) is 2. The molecular formula is C15H18N2OS. The van der Waals surface area contributed by atoms with Gasteiger partial charge in [-0.2, -0.15) is 11.8 Å². The number of amides is 1. The van der Waals surface area contributed by atoms with Crippen LogP contribution in [0.2, 0.25) is 0 Å². The molecule has 1 fully saturated rings. The molecule has 100 valence electrons. The maximum atomic E-state index is 12.2. The molecular weight excluding hydrogens is 256 g/mol. The molecule has 0 aliphatic heterocycles. The second kappa shape index (κ2) is 5.29. The van der Waals surface area contributed by atoms with Gasteiger partial charge in [-0.25, -0.2) is 0 Å². The van der Waals surface area contributed by atoms with E-state index in [1.54, 1.807) is 0 Å². The van der Waals surface area contributed by atoms with Crippen LogP contribution < -0.4 is 5.32 Å². The van der Waals surface area contributed by atoms with Crippen molar-refractivity contribution in [3.63, 3.8) is 0 Å². The molecule has 0 radical (unpaired) electrons. The van der Waals surface area contributed by atoms with Crippen LogP contribution in [-0.4, -0.2) is 28.4 Å². The van der Waals surface area contributed by atoms with Crippen LogP contribution >= 0.6 is 11.8 Å². The number of rotatable bonds is 3. The number of aromatic nitrogens is 1. The predicted octanol–water partition coefficient (Wildman–Crippen LogP) is 3.18. The van der Waals surface area contributed by atoms with E-state index in [0.29, 0.717) is 11.3 Å². The smallest absolute Gasteiger partial charge is 0.251 e. The average molecular weight is 274 g/mol. The Hall–Kier alpha value is -1.42. The van der Waals surface area contributed by atoms with Crippen LogP contribution in [0.5, 0.6) is 0 Å². The summed E-state index contributed by atoms with van der Waals surface area (Å²) in [4.78, 5) is 15.4. The number of hydrogen-bond acceptors (Lipinski definition) is 2. The number of carbonyl (C=O) groups is 1. The molecule has 1 amide bonds. The van der Waals surface area contributed by atoms with Crippen LogP contribution in [0.15, 0.2) is 30.5 Å². The van der Waals surface area contributed by atoms with E-state index in [1.165, 1.54) is 6.42 Å². The van der Waals surface area contributed by atoms with Gasteiger partial charge in [0.15, 0.2) is 0 Å². The van der Waals surface area contributed by atoms with Gasteiger partial charge in [0, 0.05) is 34.0 Å². The van der Waals surface area contributed by atoms with Crippen molar-refractivity contribution in [2.45, 2.75) is 30.6 Å². The largest absolute Gasteiger partial charge is 0.361 e. The topological polar surface area (TPSA) is 44.9 Å². The number of benzene rings is 1. The zero-order valence-electron chi connectivity index (χ0n) is 11.0. The second-order valence-electron chi connectivity index (χ2n) is 5.12. The maximum Gasteiger partial charge on any atom is 0.251 e. The minimum atomic E-state index is 0.0508. The predicted molar refractivity (Wildman–Crippen MR) is 80.7 cm³/mol. The summed E-state index contributed by atoms with van der Waals surface area (Å²) in [6, 6.07) is 8.12. The van der Waals surface area contributed by atoms with E-state index in [0.717, 1.165) is 29.3 Å². The summed E-state index contributed by atoms with van der Waals surface area (Å²) in [7, 11) is 0. The highest BCUT2D eigenvalue weighted by Gasteiger charge is 2.25. The molecule has 3 rings (SSSR count). The van der Waals surface area contributed by atoms with Gasteiger partial charge in [0.1, 0.15) is 0 Å². The van der Waals surface area contributed by atoms with Crippen molar-refractivity contribution in [1.82, 2.24) is 10.3 Å². The molecule has 2 unspecified atom stereocenters. The average Bonchev–Trinajstić information content (AvgIpc) is 3.05. The first-order chi connectivity index (χ1) is 9.26. The minimum Gasteiger partial charge on any atom is -0.361 e. The quantitative estimate of drug-likeness (QED) is 0.903. The van der Waals surface area contributed by atoms with Gasteiger partial charge in [0.2, 0.25) is 0 Å². The Kier molecular flexibility index (Phi) is 3.51. The van der Waals surface area contributed by atoms with Crippen molar-refractivity contribution in [2.24, 2.45) is 0 Å². The Bertz CT molecular complexity index is 593. The molecule has 1 aromatic heterocycles. The monoisotopic (exact) mass is 274 g/mol. The lowest BCUT2D eigenvalue weighted by molar-refractivity contribution is 0.0938. The fourth-order valence-electron chi connectivity index (χ4n) is 2.75. The molecule has 1 aliphatic rings. The zero-order chi connectivity index (χ0) is 13.2. The molecule has 2 aromatic rings. The molecule has 0 spiro atoms. The number of aromatic amines is 1. The molecule has 2 N–H and O–H groups in total. The van der Waals surface area contributed by atoms with Crippen LogP contribution in [0.3, 0.4) is 0 Å². The van der Waals surface area contributed by atoms with Crippen molar-refractivity contribution in [3.8, 4) is 0 Å². The third-order valence-electron chi connectivity index (χ3n) is 3.87. The summed E-state index contributed by atoms with van der Waals surface area (Å²) in [6.07, 6.45) is 7.45. The van der Waals surface area contributed by atoms with E-state index < -0.39 is 0 Å². The summed E-state index contributed by atoms with van der Waals surface area (Å²) >= 11 is 1.91.